The number of para-hydroxylation sites is 1. The van der Waals surface area contributed by atoms with E-state index in [1.165, 1.54) is 6.92 Å². The van der Waals surface area contributed by atoms with Crippen molar-refractivity contribution in [2.45, 2.75) is 37.8 Å². The van der Waals surface area contributed by atoms with E-state index < -0.39 is 23.3 Å². The van der Waals surface area contributed by atoms with E-state index in [9.17, 15) is 19.5 Å². The molecule has 1 spiro atoms. The molecule has 3 atom stereocenters. The molecule has 4 rings (SSSR count). The standard InChI is InChI=1S/C17H18N2O4/c1-10(20)19-14-7-3-2-6-12(14)17(16(19)23)13(15(21)22)9-11-5-4-8-18(11)17/h2-3,6-7,11,13H,4-5,8-9H2,1H3,(H,21,22). The minimum atomic E-state index is -1.23. The predicted molar refractivity (Wildman–Crippen MR) is 81.8 cm³/mol. The molecule has 0 saturated carbocycles. The van der Waals surface area contributed by atoms with Crippen molar-refractivity contribution >= 4 is 23.5 Å². The SMILES string of the molecule is CC(=O)N1C(=O)C2(c3ccccc31)C(C(=O)O)CC1CCCN12. The number of nitrogens with zero attached hydrogens (tertiary/aromatic N) is 2. The van der Waals surface area contributed by atoms with Crippen molar-refractivity contribution in [2.24, 2.45) is 5.92 Å². The third kappa shape index (κ3) is 1.59. The average Bonchev–Trinajstić information content (AvgIpc) is 3.13. The van der Waals surface area contributed by atoms with Crippen LogP contribution in [0.4, 0.5) is 5.69 Å². The molecule has 6 nitrogen and oxygen atoms in total. The van der Waals surface area contributed by atoms with E-state index in [1.807, 2.05) is 4.90 Å². The van der Waals surface area contributed by atoms with Crippen LogP contribution in [0.2, 0.25) is 0 Å². The molecule has 3 aliphatic rings. The molecule has 2 fully saturated rings. The Hall–Kier alpha value is -2.21. The highest BCUT2D eigenvalue weighted by Gasteiger charge is 2.67. The van der Waals surface area contributed by atoms with Gasteiger partial charge in [0, 0.05) is 18.5 Å². The monoisotopic (exact) mass is 314 g/mol. The largest absolute Gasteiger partial charge is 0.481 e. The van der Waals surface area contributed by atoms with E-state index >= 15 is 0 Å². The zero-order chi connectivity index (χ0) is 16.4. The van der Waals surface area contributed by atoms with Gasteiger partial charge in [-0.3, -0.25) is 19.3 Å². The van der Waals surface area contributed by atoms with Crippen molar-refractivity contribution in [1.82, 2.24) is 4.90 Å². The van der Waals surface area contributed by atoms with E-state index in [4.69, 9.17) is 0 Å². The first-order chi connectivity index (χ1) is 11.0. The number of amides is 2. The maximum Gasteiger partial charge on any atom is 0.309 e. The molecule has 3 aliphatic heterocycles. The number of carboxylic acids is 1. The lowest BCUT2D eigenvalue weighted by Gasteiger charge is -2.36. The Morgan fingerprint density at radius 1 is 1.30 bits per heavy atom. The predicted octanol–water partition coefficient (Wildman–Crippen LogP) is 1.34. The molecule has 23 heavy (non-hydrogen) atoms. The molecule has 1 aromatic carbocycles. The molecule has 0 aromatic heterocycles. The molecule has 0 aliphatic carbocycles. The van der Waals surface area contributed by atoms with Gasteiger partial charge in [-0.2, -0.15) is 0 Å². The van der Waals surface area contributed by atoms with E-state index in [1.54, 1.807) is 24.3 Å². The van der Waals surface area contributed by atoms with Gasteiger partial charge in [-0.05, 0) is 31.9 Å². The molecule has 0 radical (unpaired) electrons. The average molecular weight is 314 g/mol. The van der Waals surface area contributed by atoms with E-state index in [0.717, 1.165) is 17.7 Å². The number of fused-ring (bicyclic) bond motifs is 4. The second kappa shape index (κ2) is 4.64. The molecule has 3 heterocycles. The van der Waals surface area contributed by atoms with Gasteiger partial charge in [0.1, 0.15) is 5.54 Å². The summed E-state index contributed by atoms with van der Waals surface area (Å²) in [5, 5.41) is 9.78. The molecular formula is C17H18N2O4. The topological polar surface area (TPSA) is 77.9 Å². The van der Waals surface area contributed by atoms with Gasteiger partial charge in [0.05, 0.1) is 11.6 Å². The van der Waals surface area contributed by atoms with Crippen LogP contribution < -0.4 is 4.90 Å². The zero-order valence-corrected chi connectivity index (χ0v) is 12.9. The van der Waals surface area contributed by atoms with Crippen molar-refractivity contribution in [2.75, 3.05) is 11.4 Å². The van der Waals surface area contributed by atoms with Gasteiger partial charge < -0.3 is 5.11 Å². The number of rotatable bonds is 1. The van der Waals surface area contributed by atoms with Crippen molar-refractivity contribution in [3.63, 3.8) is 0 Å². The molecule has 1 N–H and O–H groups in total. The number of anilines is 1. The van der Waals surface area contributed by atoms with Gasteiger partial charge in [-0.15, -0.1) is 0 Å². The van der Waals surface area contributed by atoms with Crippen LogP contribution in [-0.4, -0.2) is 40.4 Å². The first-order valence-corrected chi connectivity index (χ1v) is 7.93. The van der Waals surface area contributed by atoms with Crippen LogP contribution in [0.3, 0.4) is 0 Å². The van der Waals surface area contributed by atoms with Crippen molar-refractivity contribution in [3.8, 4) is 0 Å². The number of carboxylic acid groups (broad SMARTS) is 1. The third-order valence-corrected chi connectivity index (χ3v) is 5.54. The van der Waals surface area contributed by atoms with E-state index in [0.29, 0.717) is 24.2 Å². The van der Waals surface area contributed by atoms with Crippen LogP contribution >= 0.6 is 0 Å². The Morgan fingerprint density at radius 2 is 2.04 bits per heavy atom. The molecule has 3 unspecified atom stereocenters. The van der Waals surface area contributed by atoms with E-state index in [2.05, 4.69) is 0 Å². The second-order valence-electron chi connectivity index (χ2n) is 6.56. The number of imide groups is 1. The minimum absolute atomic E-state index is 0.0972. The summed E-state index contributed by atoms with van der Waals surface area (Å²) in [7, 11) is 0. The summed E-state index contributed by atoms with van der Waals surface area (Å²) < 4.78 is 0. The number of hydrogen-bond acceptors (Lipinski definition) is 4. The maximum absolute atomic E-state index is 13.3. The van der Waals surface area contributed by atoms with Crippen molar-refractivity contribution in [3.05, 3.63) is 29.8 Å². The number of hydrogen-bond donors (Lipinski definition) is 1. The number of carbonyl (C=O) groups is 3. The Kier molecular flexibility index (Phi) is 2.90. The maximum atomic E-state index is 13.3. The van der Waals surface area contributed by atoms with Crippen LogP contribution in [0.15, 0.2) is 24.3 Å². The first-order valence-electron chi connectivity index (χ1n) is 7.93. The summed E-state index contributed by atoms with van der Waals surface area (Å²) in [6.07, 6.45) is 2.32. The van der Waals surface area contributed by atoms with Crippen LogP contribution in [0, 0.1) is 5.92 Å². The summed E-state index contributed by atoms with van der Waals surface area (Å²) >= 11 is 0. The number of benzene rings is 1. The lowest BCUT2D eigenvalue weighted by molar-refractivity contribution is -0.150. The van der Waals surface area contributed by atoms with Gasteiger partial charge in [0.15, 0.2) is 0 Å². The Labute approximate surface area is 133 Å². The lowest BCUT2D eigenvalue weighted by atomic mass is 9.79. The summed E-state index contributed by atoms with van der Waals surface area (Å²) in [6.45, 7) is 2.04. The summed E-state index contributed by atoms with van der Waals surface area (Å²) in [6, 6.07) is 7.20. The molecule has 2 saturated heterocycles. The number of carbonyl (C=O) groups excluding carboxylic acids is 2. The van der Waals surface area contributed by atoms with Crippen LogP contribution in [0.1, 0.15) is 31.7 Å². The lowest BCUT2D eigenvalue weighted by Crippen LogP contribution is -2.55. The fourth-order valence-corrected chi connectivity index (χ4v) is 4.78. The molecule has 120 valence electrons. The Balaban J connectivity index is 2.00. The zero-order valence-electron chi connectivity index (χ0n) is 12.9. The first kappa shape index (κ1) is 14.4. The van der Waals surface area contributed by atoms with Gasteiger partial charge in [-0.25, -0.2) is 4.90 Å². The molecular weight excluding hydrogens is 296 g/mol. The fourth-order valence-electron chi connectivity index (χ4n) is 4.78. The molecule has 6 heteroatoms. The highest BCUT2D eigenvalue weighted by Crippen LogP contribution is 2.56. The normalized spacial score (nSPS) is 32.4. The second-order valence-corrected chi connectivity index (χ2v) is 6.56. The van der Waals surface area contributed by atoms with Crippen LogP contribution in [0.5, 0.6) is 0 Å². The highest BCUT2D eigenvalue weighted by molar-refractivity contribution is 6.23. The van der Waals surface area contributed by atoms with Crippen molar-refractivity contribution in [1.29, 1.82) is 0 Å². The number of aliphatic carboxylic acids is 1. The van der Waals surface area contributed by atoms with Crippen molar-refractivity contribution < 1.29 is 19.5 Å². The quantitative estimate of drug-likeness (QED) is 0.846. The highest BCUT2D eigenvalue weighted by atomic mass is 16.4. The van der Waals surface area contributed by atoms with Gasteiger partial charge >= 0.3 is 5.97 Å². The van der Waals surface area contributed by atoms with Crippen LogP contribution in [-0.2, 0) is 19.9 Å². The smallest absolute Gasteiger partial charge is 0.309 e. The molecule has 2 amide bonds. The Bertz CT molecular complexity index is 731. The fraction of sp³-hybridized carbons (Fsp3) is 0.471. The molecule has 0 bridgehead atoms. The summed E-state index contributed by atoms with van der Waals surface area (Å²) in [5.41, 5.74) is -0.0317. The molecule has 1 aromatic rings. The van der Waals surface area contributed by atoms with Crippen LogP contribution in [0.25, 0.3) is 0 Å². The summed E-state index contributed by atoms with van der Waals surface area (Å²) in [4.78, 5) is 40.5. The van der Waals surface area contributed by atoms with Gasteiger partial charge in [-0.1, -0.05) is 18.2 Å². The summed E-state index contributed by atoms with van der Waals surface area (Å²) in [5.74, 6) is -2.55. The van der Waals surface area contributed by atoms with Gasteiger partial charge in [0.25, 0.3) is 5.91 Å². The third-order valence-electron chi connectivity index (χ3n) is 5.54. The Morgan fingerprint density at radius 3 is 2.74 bits per heavy atom. The minimum Gasteiger partial charge on any atom is -0.481 e. The van der Waals surface area contributed by atoms with Gasteiger partial charge in [0.2, 0.25) is 5.91 Å². The van der Waals surface area contributed by atoms with E-state index in [-0.39, 0.29) is 11.9 Å².